The van der Waals surface area contributed by atoms with Crippen molar-refractivity contribution >= 4 is 28.6 Å². The molecule has 88 valence electrons. The first-order valence-corrected chi connectivity index (χ1v) is 5.70. The Kier molecular flexibility index (Phi) is 5.04. The summed E-state index contributed by atoms with van der Waals surface area (Å²) >= 11 is 1.79. The van der Waals surface area contributed by atoms with E-state index in [0.717, 1.165) is 6.20 Å². The van der Waals surface area contributed by atoms with Gasteiger partial charge < -0.3 is 4.74 Å². The highest BCUT2D eigenvalue weighted by molar-refractivity contribution is 14.1. The third kappa shape index (κ3) is 3.36. The smallest absolute Gasteiger partial charge is 0.310 e. The van der Waals surface area contributed by atoms with Crippen LogP contribution >= 0.6 is 22.6 Å². The Morgan fingerprint density at radius 3 is 2.81 bits per heavy atom. The lowest BCUT2D eigenvalue weighted by atomic mass is 10.1. The van der Waals surface area contributed by atoms with Gasteiger partial charge in [-0.1, -0.05) is 0 Å². The summed E-state index contributed by atoms with van der Waals surface area (Å²) in [6.07, 6.45) is -0.0905. The molecule has 0 fully saturated rings. The van der Waals surface area contributed by atoms with E-state index in [1.165, 1.54) is 6.20 Å². The summed E-state index contributed by atoms with van der Waals surface area (Å²) in [7, 11) is 0. The first-order chi connectivity index (χ1) is 7.56. The van der Waals surface area contributed by atoms with E-state index in [2.05, 4.69) is 4.98 Å². The molecule has 3 nitrogen and oxygen atoms in total. The molecule has 16 heavy (non-hydrogen) atoms. The molecule has 0 radical (unpaired) electrons. The summed E-state index contributed by atoms with van der Waals surface area (Å²) in [5.74, 6) is -0.436. The minimum atomic E-state index is -2.58. The predicted molar refractivity (Wildman–Crippen MR) is 62.2 cm³/mol. The summed E-state index contributed by atoms with van der Waals surface area (Å²) in [6.45, 7) is 1.97. The van der Waals surface area contributed by atoms with Crippen LogP contribution in [-0.2, 0) is 16.0 Å². The number of pyridine rings is 1. The molecule has 1 heterocycles. The average molecular weight is 341 g/mol. The van der Waals surface area contributed by atoms with E-state index in [1.54, 1.807) is 29.5 Å². The molecule has 1 rings (SSSR count). The van der Waals surface area contributed by atoms with Crippen molar-refractivity contribution < 1.29 is 18.3 Å². The zero-order valence-corrected chi connectivity index (χ0v) is 10.7. The maximum absolute atomic E-state index is 12.5. The highest BCUT2D eigenvalue weighted by Crippen LogP contribution is 2.26. The number of halogens is 3. The van der Waals surface area contributed by atoms with Crippen LogP contribution in [0, 0.1) is 3.57 Å². The molecule has 0 amide bonds. The molecule has 0 bridgehead atoms. The van der Waals surface area contributed by atoms with Gasteiger partial charge in [0, 0.05) is 21.5 Å². The van der Waals surface area contributed by atoms with Gasteiger partial charge in [0.1, 0.15) is 0 Å². The van der Waals surface area contributed by atoms with Crippen molar-refractivity contribution in [2.45, 2.75) is 19.8 Å². The zero-order valence-electron chi connectivity index (χ0n) is 8.54. The molecule has 6 heteroatoms. The monoisotopic (exact) mass is 341 g/mol. The summed E-state index contributed by atoms with van der Waals surface area (Å²) in [6, 6.07) is 0. The quantitative estimate of drug-likeness (QED) is 0.625. The zero-order chi connectivity index (χ0) is 12.1. The van der Waals surface area contributed by atoms with Crippen molar-refractivity contribution in [3.63, 3.8) is 0 Å². The first-order valence-electron chi connectivity index (χ1n) is 4.62. The van der Waals surface area contributed by atoms with Crippen molar-refractivity contribution in [2.24, 2.45) is 0 Å². The maximum Gasteiger partial charge on any atom is 0.310 e. The molecule has 0 saturated heterocycles. The van der Waals surface area contributed by atoms with Crippen molar-refractivity contribution in [2.75, 3.05) is 6.61 Å². The highest BCUT2D eigenvalue weighted by Gasteiger charge is 2.16. The van der Waals surface area contributed by atoms with E-state index in [-0.39, 0.29) is 18.6 Å². The Bertz CT molecular complexity index is 385. The van der Waals surface area contributed by atoms with Gasteiger partial charge in [-0.2, -0.15) is 0 Å². The molecule has 0 aromatic carbocycles. The summed E-state index contributed by atoms with van der Waals surface area (Å²) in [4.78, 5) is 14.9. The predicted octanol–water partition coefficient (Wildman–Crippen LogP) is 2.73. The van der Waals surface area contributed by atoms with Crippen LogP contribution in [0.25, 0.3) is 0 Å². The summed E-state index contributed by atoms with van der Waals surface area (Å²) in [5, 5.41) is 0. The fourth-order valence-corrected chi connectivity index (χ4v) is 1.85. The van der Waals surface area contributed by atoms with Gasteiger partial charge in [0.15, 0.2) is 0 Å². The lowest BCUT2D eigenvalue weighted by Gasteiger charge is -2.08. The maximum atomic E-state index is 12.5. The fourth-order valence-electron chi connectivity index (χ4n) is 1.15. The second-order valence-corrected chi connectivity index (χ2v) is 4.06. The molecule has 0 saturated carbocycles. The molecule has 0 spiro atoms. The Morgan fingerprint density at radius 1 is 1.56 bits per heavy atom. The van der Waals surface area contributed by atoms with E-state index >= 15 is 0 Å². The minimum absolute atomic E-state index is 0.0281. The van der Waals surface area contributed by atoms with E-state index < -0.39 is 12.4 Å². The molecule has 0 aliphatic carbocycles. The Morgan fingerprint density at radius 2 is 2.25 bits per heavy atom. The second-order valence-electron chi connectivity index (χ2n) is 2.98. The number of carbonyl (C=O) groups is 1. The van der Waals surface area contributed by atoms with Gasteiger partial charge in [-0.25, -0.2) is 8.78 Å². The van der Waals surface area contributed by atoms with E-state index in [9.17, 15) is 13.6 Å². The largest absolute Gasteiger partial charge is 0.466 e. The van der Waals surface area contributed by atoms with Crippen molar-refractivity contribution in [1.29, 1.82) is 0 Å². The average Bonchev–Trinajstić information content (AvgIpc) is 2.21. The number of hydrogen-bond donors (Lipinski definition) is 0. The number of carbonyl (C=O) groups excluding carboxylic acids is 1. The number of aromatic nitrogens is 1. The standard InChI is InChI=1S/C10H10F2INO2/c1-2-16-8(15)3-6-4-14-5-7(9(6)13)10(11)12/h4-5,10H,2-3H2,1H3. The molecule has 0 N–H and O–H groups in total. The Balaban J connectivity index is 2.89. The number of esters is 1. The SMILES string of the molecule is CCOC(=O)Cc1cncc(C(F)F)c1I. The number of nitrogens with zero attached hydrogens (tertiary/aromatic N) is 1. The van der Waals surface area contributed by atoms with Crippen LogP contribution < -0.4 is 0 Å². The van der Waals surface area contributed by atoms with E-state index in [4.69, 9.17) is 4.74 Å². The Labute approximate surface area is 105 Å². The van der Waals surface area contributed by atoms with Gasteiger partial charge >= 0.3 is 5.97 Å². The number of ether oxygens (including phenoxy) is 1. The third-order valence-electron chi connectivity index (χ3n) is 1.85. The van der Waals surface area contributed by atoms with Gasteiger partial charge in [-0.3, -0.25) is 9.78 Å². The number of rotatable bonds is 4. The minimum Gasteiger partial charge on any atom is -0.466 e. The number of hydrogen-bond acceptors (Lipinski definition) is 3. The van der Waals surface area contributed by atoms with Crippen LogP contribution in [0.4, 0.5) is 8.78 Å². The van der Waals surface area contributed by atoms with Gasteiger partial charge in [0.2, 0.25) is 0 Å². The molecular formula is C10H10F2INO2. The lowest BCUT2D eigenvalue weighted by molar-refractivity contribution is -0.142. The van der Waals surface area contributed by atoms with Crippen LogP contribution in [0.3, 0.4) is 0 Å². The molecule has 0 unspecified atom stereocenters. The summed E-state index contributed by atoms with van der Waals surface area (Å²) in [5.41, 5.74) is 0.319. The highest BCUT2D eigenvalue weighted by atomic mass is 127. The van der Waals surface area contributed by atoms with Crippen LogP contribution in [0.2, 0.25) is 0 Å². The van der Waals surface area contributed by atoms with Crippen LogP contribution in [-0.4, -0.2) is 17.6 Å². The molecule has 0 atom stereocenters. The molecular weight excluding hydrogens is 331 g/mol. The molecule has 1 aromatic heterocycles. The lowest BCUT2D eigenvalue weighted by Crippen LogP contribution is -2.10. The van der Waals surface area contributed by atoms with Gasteiger partial charge in [-0.15, -0.1) is 0 Å². The van der Waals surface area contributed by atoms with E-state index in [0.29, 0.717) is 9.13 Å². The topological polar surface area (TPSA) is 39.2 Å². The van der Waals surface area contributed by atoms with Crippen molar-refractivity contribution in [3.8, 4) is 0 Å². The van der Waals surface area contributed by atoms with Gasteiger partial charge in [-0.05, 0) is 35.1 Å². The number of alkyl halides is 2. The Hall–Kier alpha value is -0.790. The summed E-state index contributed by atoms with van der Waals surface area (Å²) < 4.78 is 30.2. The fraction of sp³-hybridized carbons (Fsp3) is 0.400. The van der Waals surface area contributed by atoms with Crippen molar-refractivity contribution in [3.05, 3.63) is 27.1 Å². The molecule has 0 aliphatic rings. The molecule has 1 aromatic rings. The van der Waals surface area contributed by atoms with Crippen LogP contribution in [0.5, 0.6) is 0 Å². The van der Waals surface area contributed by atoms with Crippen LogP contribution in [0.15, 0.2) is 12.4 Å². The molecule has 0 aliphatic heterocycles. The first kappa shape index (κ1) is 13.3. The van der Waals surface area contributed by atoms with Gasteiger partial charge in [0.25, 0.3) is 6.43 Å². The van der Waals surface area contributed by atoms with Crippen LogP contribution in [0.1, 0.15) is 24.5 Å². The third-order valence-corrected chi connectivity index (χ3v) is 3.17. The second kappa shape index (κ2) is 6.07. The van der Waals surface area contributed by atoms with Gasteiger partial charge in [0.05, 0.1) is 13.0 Å². The normalized spacial score (nSPS) is 10.6. The van der Waals surface area contributed by atoms with Crippen molar-refractivity contribution in [1.82, 2.24) is 4.98 Å². The van der Waals surface area contributed by atoms with E-state index in [1.807, 2.05) is 0 Å².